The van der Waals surface area contributed by atoms with Crippen LogP contribution in [0.25, 0.3) is 33.2 Å². The highest BCUT2D eigenvalue weighted by molar-refractivity contribution is 5.96. The zero-order chi connectivity index (χ0) is 14.8. The third-order valence-electron chi connectivity index (χ3n) is 3.57. The van der Waals surface area contributed by atoms with E-state index < -0.39 is 0 Å². The maximum atomic E-state index is 4.44. The summed E-state index contributed by atoms with van der Waals surface area (Å²) in [6.45, 7) is 0. The number of nitrogens with zero attached hydrogens (tertiary/aromatic N) is 4. The molecule has 4 rings (SSSR count). The summed E-state index contributed by atoms with van der Waals surface area (Å²) in [4.78, 5) is 8.57. The van der Waals surface area contributed by atoms with Crippen molar-refractivity contribution in [1.82, 2.24) is 20.2 Å². The van der Waals surface area contributed by atoms with Gasteiger partial charge in [-0.2, -0.15) is 10.2 Å². The first-order valence-electron chi connectivity index (χ1n) is 6.89. The van der Waals surface area contributed by atoms with Crippen LogP contribution in [0.15, 0.2) is 67.4 Å². The van der Waals surface area contributed by atoms with E-state index in [1.54, 1.807) is 18.6 Å². The number of aromatic nitrogens is 4. The number of pyridine rings is 2. The molecule has 0 spiro atoms. The molecule has 0 aliphatic carbocycles. The molecule has 1 aromatic carbocycles. The molecule has 0 saturated carbocycles. The molecule has 0 saturated heterocycles. The van der Waals surface area contributed by atoms with Crippen molar-refractivity contribution in [2.24, 2.45) is 0 Å². The van der Waals surface area contributed by atoms with Crippen LogP contribution in [-0.2, 0) is 0 Å². The fraction of sp³-hybridized carbons (Fsp3) is 0. The lowest BCUT2D eigenvalue weighted by atomic mass is 9.99. The van der Waals surface area contributed by atoms with Crippen LogP contribution in [-0.4, -0.2) is 20.2 Å². The summed E-state index contributed by atoms with van der Waals surface area (Å²) in [6.07, 6.45) is 8.76. The number of hydrogen-bond donors (Lipinski definition) is 0. The highest BCUT2D eigenvalue weighted by Crippen LogP contribution is 2.30. The van der Waals surface area contributed by atoms with Crippen LogP contribution in [0.4, 0.5) is 0 Å². The number of rotatable bonds is 2. The SMILES string of the molecule is [c]1cncc(-c2ccc3nccc(-c4ccnnc4)c3c2)c1. The Labute approximate surface area is 127 Å². The third-order valence-corrected chi connectivity index (χ3v) is 3.57. The molecule has 0 bridgehead atoms. The van der Waals surface area contributed by atoms with Crippen molar-refractivity contribution in [2.75, 3.05) is 0 Å². The van der Waals surface area contributed by atoms with Crippen molar-refractivity contribution in [3.63, 3.8) is 0 Å². The Balaban J connectivity index is 1.95. The second kappa shape index (κ2) is 5.33. The number of benzene rings is 1. The van der Waals surface area contributed by atoms with Crippen LogP contribution < -0.4 is 0 Å². The molecule has 1 radical (unpaired) electrons. The summed E-state index contributed by atoms with van der Waals surface area (Å²) in [7, 11) is 0. The monoisotopic (exact) mass is 283 g/mol. The van der Waals surface area contributed by atoms with Gasteiger partial charge in [0.15, 0.2) is 0 Å². The first-order valence-corrected chi connectivity index (χ1v) is 6.89. The average molecular weight is 283 g/mol. The first kappa shape index (κ1) is 12.6. The van der Waals surface area contributed by atoms with E-state index in [0.29, 0.717) is 0 Å². The molecule has 4 heteroatoms. The second-order valence-corrected chi connectivity index (χ2v) is 4.90. The van der Waals surface area contributed by atoms with Gasteiger partial charge in [0.2, 0.25) is 0 Å². The van der Waals surface area contributed by atoms with E-state index >= 15 is 0 Å². The van der Waals surface area contributed by atoms with Gasteiger partial charge < -0.3 is 0 Å². The number of fused-ring (bicyclic) bond motifs is 1. The Bertz CT molecular complexity index is 921. The van der Waals surface area contributed by atoms with E-state index in [4.69, 9.17) is 0 Å². The van der Waals surface area contributed by atoms with Gasteiger partial charge >= 0.3 is 0 Å². The summed E-state index contributed by atoms with van der Waals surface area (Å²) in [5, 5.41) is 8.88. The van der Waals surface area contributed by atoms with Crippen molar-refractivity contribution in [2.45, 2.75) is 0 Å². The Hall–Kier alpha value is -3.14. The Kier molecular flexibility index (Phi) is 3.05. The fourth-order valence-electron chi connectivity index (χ4n) is 2.51. The molecule has 0 N–H and O–H groups in total. The smallest absolute Gasteiger partial charge is 0.0708 e. The number of hydrogen-bond acceptors (Lipinski definition) is 4. The van der Waals surface area contributed by atoms with E-state index in [0.717, 1.165) is 33.2 Å². The van der Waals surface area contributed by atoms with Crippen LogP contribution in [0.5, 0.6) is 0 Å². The molecule has 22 heavy (non-hydrogen) atoms. The lowest BCUT2D eigenvalue weighted by molar-refractivity contribution is 1.03. The average Bonchev–Trinajstić information content (AvgIpc) is 2.62. The predicted octanol–water partition coefficient (Wildman–Crippen LogP) is 3.55. The van der Waals surface area contributed by atoms with E-state index in [2.05, 4.69) is 38.4 Å². The lowest BCUT2D eigenvalue weighted by Gasteiger charge is -2.08. The highest BCUT2D eigenvalue weighted by atomic mass is 15.1. The van der Waals surface area contributed by atoms with Crippen LogP contribution in [0.2, 0.25) is 0 Å². The van der Waals surface area contributed by atoms with Crippen molar-refractivity contribution >= 4 is 10.9 Å². The van der Waals surface area contributed by atoms with Crippen molar-refractivity contribution in [3.05, 3.63) is 73.4 Å². The highest BCUT2D eigenvalue weighted by Gasteiger charge is 2.07. The van der Waals surface area contributed by atoms with Gasteiger partial charge in [0.05, 0.1) is 17.9 Å². The van der Waals surface area contributed by atoms with Gasteiger partial charge in [0.1, 0.15) is 0 Å². The Morgan fingerprint density at radius 3 is 2.64 bits per heavy atom. The Morgan fingerprint density at radius 2 is 1.82 bits per heavy atom. The summed E-state index contributed by atoms with van der Waals surface area (Å²) in [5.74, 6) is 0. The lowest BCUT2D eigenvalue weighted by Crippen LogP contribution is -1.88. The van der Waals surface area contributed by atoms with E-state index in [1.165, 1.54) is 0 Å². The molecule has 0 aliphatic heterocycles. The quantitative estimate of drug-likeness (QED) is 0.564. The van der Waals surface area contributed by atoms with Gasteiger partial charge in [0, 0.05) is 41.2 Å². The minimum Gasteiger partial charge on any atom is -0.263 e. The molecule has 0 aliphatic rings. The molecular weight excluding hydrogens is 272 g/mol. The van der Waals surface area contributed by atoms with Crippen molar-refractivity contribution in [1.29, 1.82) is 0 Å². The zero-order valence-corrected chi connectivity index (χ0v) is 11.6. The van der Waals surface area contributed by atoms with E-state index in [1.807, 2.05) is 36.7 Å². The molecule has 0 amide bonds. The molecule has 3 aromatic heterocycles. The van der Waals surface area contributed by atoms with E-state index in [-0.39, 0.29) is 0 Å². The fourth-order valence-corrected chi connectivity index (χ4v) is 2.51. The molecule has 4 nitrogen and oxygen atoms in total. The second-order valence-electron chi connectivity index (χ2n) is 4.90. The predicted molar refractivity (Wildman–Crippen MR) is 84.8 cm³/mol. The molecule has 0 atom stereocenters. The normalized spacial score (nSPS) is 10.7. The molecular formula is C18H11N4. The largest absolute Gasteiger partial charge is 0.263 e. The van der Waals surface area contributed by atoms with E-state index in [9.17, 15) is 0 Å². The first-order chi connectivity index (χ1) is 10.9. The van der Waals surface area contributed by atoms with Gasteiger partial charge in [0.25, 0.3) is 0 Å². The topological polar surface area (TPSA) is 51.6 Å². The van der Waals surface area contributed by atoms with Crippen LogP contribution >= 0.6 is 0 Å². The minimum atomic E-state index is 0.950. The van der Waals surface area contributed by atoms with Gasteiger partial charge in [-0.25, -0.2) is 0 Å². The van der Waals surface area contributed by atoms with Gasteiger partial charge in [-0.3, -0.25) is 9.97 Å². The molecule has 103 valence electrons. The third kappa shape index (κ3) is 2.20. The van der Waals surface area contributed by atoms with Crippen LogP contribution in [0, 0.1) is 6.07 Å². The standard InChI is InChI=1S/C18H11N4/c1-2-14(11-19-7-1)13-3-4-18-17(10-13)16(6-8-20-18)15-5-9-21-22-12-15/h2-12H. The summed E-state index contributed by atoms with van der Waals surface area (Å²) in [5.41, 5.74) is 5.19. The molecule has 3 heterocycles. The van der Waals surface area contributed by atoms with Crippen molar-refractivity contribution in [3.8, 4) is 22.3 Å². The zero-order valence-electron chi connectivity index (χ0n) is 11.6. The Morgan fingerprint density at radius 1 is 0.818 bits per heavy atom. The van der Waals surface area contributed by atoms with Gasteiger partial charge in [-0.1, -0.05) is 6.07 Å². The molecule has 4 aromatic rings. The molecule has 0 fully saturated rings. The maximum absolute atomic E-state index is 4.44. The van der Waals surface area contributed by atoms with Crippen LogP contribution in [0.1, 0.15) is 0 Å². The van der Waals surface area contributed by atoms with Crippen LogP contribution in [0.3, 0.4) is 0 Å². The molecule has 0 unspecified atom stereocenters. The maximum Gasteiger partial charge on any atom is 0.0708 e. The minimum absolute atomic E-state index is 0.950. The summed E-state index contributed by atoms with van der Waals surface area (Å²) in [6, 6.07) is 15.1. The van der Waals surface area contributed by atoms with Crippen molar-refractivity contribution < 1.29 is 0 Å². The summed E-state index contributed by atoms with van der Waals surface area (Å²) < 4.78 is 0. The van der Waals surface area contributed by atoms with Gasteiger partial charge in [-0.15, -0.1) is 0 Å². The summed E-state index contributed by atoms with van der Waals surface area (Å²) >= 11 is 0. The van der Waals surface area contributed by atoms with Gasteiger partial charge in [-0.05, 0) is 41.5 Å².